The maximum Gasteiger partial charge on any atom is 0.244 e. The van der Waals surface area contributed by atoms with E-state index in [1.165, 1.54) is 5.56 Å². The normalized spacial score (nSPS) is 15.8. The van der Waals surface area contributed by atoms with Crippen molar-refractivity contribution in [1.82, 2.24) is 10.2 Å². The SMILES string of the molecule is COc1ccc(/C=C/C(=O)NCC(c2ccccc2)N2CCOCC2)cc1OC. The Kier molecular flexibility index (Phi) is 7.67. The van der Waals surface area contributed by atoms with Crippen molar-refractivity contribution >= 4 is 12.0 Å². The van der Waals surface area contributed by atoms with Crippen molar-refractivity contribution in [2.75, 3.05) is 47.1 Å². The van der Waals surface area contributed by atoms with Crippen molar-refractivity contribution in [1.29, 1.82) is 0 Å². The minimum absolute atomic E-state index is 0.124. The molecule has 1 N–H and O–H groups in total. The average Bonchev–Trinajstić information content (AvgIpc) is 2.79. The molecule has 1 amide bonds. The summed E-state index contributed by atoms with van der Waals surface area (Å²) in [5.74, 6) is 1.16. The van der Waals surface area contributed by atoms with Crippen molar-refractivity contribution in [3.05, 3.63) is 65.7 Å². The molecule has 1 heterocycles. The monoisotopic (exact) mass is 396 g/mol. The van der Waals surface area contributed by atoms with Crippen LogP contribution in [0.4, 0.5) is 0 Å². The van der Waals surface area contributed by atoms with Crippen molar-refractivity contribution in [3.8, 4) is 11.5 Å². The summed E-state index contributed by atoms with van der Waals surface area (Å²) in [6.45, 7) is 3.69. The summed E-state index contributed by atoms with van der Waals surface area (Å²) in [6.07, 6.45) is 3.31. The van der Waals surface area contributed by atoms with Crippen LogP contribution in [-0.4, -0.2) is 57.9 Å². The molecular weight excluding hydrogens is 368 g/mol. The average molecular weight is 396 g/mol. The van der Waals surface area contributed by atoms with Crippen LogP contribution in [-0.2, 0) is 9.53 Å². The van der Waals surface area contributed by atoms with Crippen LogP contribution in [0, 0.1) is 0 Å². The lowest BCUT2D eigenvalue weighted by Gasteiger charge is -2.34. The van der Waals surface area contributed by atoms with Gasteiger partial charge >= 0.3 is 0 Å². The second kappa shape index (κ2) is 10.6. The van der Waals surface area contributed by atoms with Gasteiger partial charge in [-0.15, -0.1) is 0 Å². The van der Waals surface area contributed by atoms with E-state index in [-0.39, 0.29) is 11.9 Å². The molecule has 0 aliphatic carbocycles. The minimum Gasteiger partial charge on any atom is -0.493 e. The lowest BCUT2D eigenvalue weighted by Crippen LogP contribution is -2.43. The molecule has 154 valence electrons. The molecule has 2 aromatic carbocycles. The predicted molar refractivity (Wildman–Crippen MR) is 113 cm³/mol. The second-order valence-electron chi connectivity index (χ2n) is 6.77. The number of hydrogen-bond acceptors (Lipinski definition) is 5. The van der Waals surface area contributed by atoms with E-state index in [0.29, 0.717) is 18.0 Å². The summed E-state index contributed by atoms with van der Waals surface area (Å²) >= 11 is 0. The van der Waals surface area contributed by atoms with Gasteiger partial charge in [0.05, 0.1) is 33.5 Å². The van der Waals surface area contributed by atoms with E-state index in [1.807, 2.05) is 36.4 Å². The van der Waals surface area contributed by atoms with Crippen molar-refractivity contribution < 1.29 is 19.0 Å². The summed E-state index contributed by atoms with van der Waals surface area (Å²) in [4.78, 5) is 14.8. The fourth-order valence-corrected chi connectivity index (χ4v) is 3.41. The summed E-state index contributed by atoms with van der Waals surface area (Å²) in [7, 11) is 3.19. The molecule has 6 heteroatoms. The van der Waals surface area contributed by atoms with E-state index in [9.17, 15) is 4.79 Å². The van der Waals surface area contributed by atoms with Gasteiger partial charge in [-0.3, -0.25) is 9.69 Å². The molecule has 6 nitrogen and oxygen atoms in total. The van der Waals surface area contributed by atoms with Crippen LogP contribution in [0.3, 0.4) is 0 Å². The van der Waals surface area contributed by atoms with Crippen molar-refractivity contribution in [2.24, 2.45) is 0 Å². The number of ether oxygens (including phenoxy) is 3. The van der Waals surface area contributed by atoms with Gasteiger partial charge in [0.1, 0.15) is 0 Å². The minimum atomic E-state index is -0.131. The number of carbonyl (C=O) groups excluding carboxylic acids is 1. The molecular formula is C23H28N2O4. The largest absolute Gasteiger partial charge is 0.493 e. The zero-order chi connectivity index (χ0) is 20.5. The highest BCUT2D eigenvalue weighted by atomic mass is 16.5. The van der Waals surface area contributed by atoms with Crippen LogP contribution in [0.5, 0.6) is 11.5 Å². The van der Waals surface area contributed by atoms with Gasteiger partial charge in [0.15, 0.2) is 11.5 Å². The highest BCUT2D eigenvalue weighted by Crippen LogP contribution is 2.28. The molecule has 1 aliphatic heterocycles. The Hall–Kier alpha value is -2.83. The molecule has 2 aromatic rings. The number of methoxy groups -OCH3 is 2. The van der Waals surface area contributed by atoms with E-state index in [1.54, 1.807) is 26.4 Å². The fraction of sp³-hybridized carbons (Fsp3) is 0.348. The first-order chi connectivity index (χ1) is 14.2. The smallest absolute Gasteiger partial charge is 0.244 e. The van der Waals surface area contributed by atoms with Gasteiger partial charge in [-0.05, 0) is 29.3 Å². The van der Waals surface area contributed by atoms with Crippen LogP contribution in [0.15, 0.2) is 54.6 Å². The second-order valence-corrected chi connectivity index (χ2v) is 6.77. The molecule has 0 saturated carbocycles. The Morgan fingerprint density at radius 1 is 1.10 bits per heavy atom. The third-order valence-corrected chi connectivity index (χ3v) is 4.98. The maximum absolute atomic E-state index is 12.4. The Morgan fingerprint density at radius 3 is 2.52 bits per heavy atom. The Bertz CT molecular complexity index is 817. The molecule has 29 heavy (non-hydrogen) atoms. The molecule has 1 fully saturated rings. The van der Waals surface area contributed by atoms with Gasteiger partial charge in [-0.2, -0.15) is 0 Å². The number of rotatable bonds is 8. The zero-order valence-corrected chi connectivity index (χ0v) is 17.0. The molecule has 1 unspecified atom stereocenters. The number of benzene rings is 2. The van der Waals surface area contributed by atoms with Gasteiger partial charge in [0, 0.05) is 25.7 Å². The van der Waals surface area contributed by atoms with Gasteiger partial charge < -0.3 is 19.5 Å². The Labute approximate surface area is 172 Å². The van der Waals surface area contributed by atoms with Gasteiger partial charge in [-0.1, -0.05) is 36.4 Å². The van der Waals surface area contributed by atoms with Crippen LogP contribution >= 0.6 is 0 Å². The standard InChI is InChI=1S/C23H28N2O4/c1-27-21-10-8-18(16-22(21)28-2)9-11-23(26)24-17-20(19-6-4-3-5-7-19)25-12-14-29-15-13-25/h3-11,16,20H,12-15,17H2,1-2H3,(H,24,26)/b11-9+. The molecule has 1 saturated heterocycles. The molecule has 3 rings (SSSR count). The molecule has 0 spiro atoms. The summed E-state index contributed by atoms with van der Waals surface area (Å²) in [5, 5.41) is 3.04. The molecule has 0 aromatic heterocycles. The van der Waals surface area contributed by atoms with Gasteiger partial charge in [-0.25, -0.2) is 0 Å². The first-order valence-corrected chi connectivity index (χ1v) is 9.76. The maximum atomic E-state index is 12.4. The number of hydrogen-bond donors (Lipinski definition) is 1. The van der Waals surface area contributed by atoms with Gasteiger partial charge in [0.25, 0.3) is 0 Å². The van der Waals surface area contributed by atoms with Crippen LogP contribution in [0.1, 0.15) is 17.2 Å². The lowest BCUT2D eigenvalue weighted by molar-refractivity contribution is -0.116. The number of amides is 1. The first kappa shape index (κ1) is 20.9. The van der Waals surface area contributed by atoms with Gasteiger partial charge in [0.2, 0.25) is 5.91 Å². The third kappa shape index (κ3) is 5.82. The van der Waals surface area contributed by atoms with Crippen molar-refractivity contribution in [3.63, 3.8) is 0 Å². The summed E-state index contributed by atoms with van der Waals surface area (Å²) in [5.41, 5.74) is 2.06. The molecule has 0 bridgehead atoms. The van der Waals surface area contributed by atoms with E-state index < -0.39 is 0 Å². The fourth-order valence-electron chi connectivity index (χ4n) is 3.41. The van der Waals surface area contributed by atoms with E-state index >= 15 is 0 Å². The van der Waals surface area contributed by atoms with E-state index in [0.717, 1.165) is 31.9 Å². The zero-order valence-electron chi connectivity index (χ0n) is 17.0. The quantitative estimate of drug-likeness (QED) is 0.696. The predicted octanol–water partition coefficient (Wildman–Crippen LogP) is 2.91. The van der Waals surface area contributed by atoms with Crippen molar-refractivity contribution in [2.45, 2.75) is 6.04 Å². The van der Waals surface area contributed by atoms with Crippen LogP contribution in [0.2, 0.25) is 0 Å². The third-order valence-electron chi connectivity index (χ3n) is 4.98. The lowest BCUT2D eigenvalue weighted by atomic mass is 10.0. The van der Waals surface area contributed by atoms with Crippen LogP contribution < -0.4 is 14.8 Å². The highest BCUT2D eigenvalue weighted by molar-refractivity contribution is 5.91. The van der Waals surface area contributed by atoms with E-state index in [4.69, 9.17) is 14.2 Å². The number of morpholine rings is 1. The number of carbonyl (C=O) groups is 1. The first-order valence-electron chi connectivity index (χ1n) is 9.76. The Balaban J connectivity index is 1.63. The van der Waals surface area contributed by atoms with Crippen LogP contribution in [0.25, 0.3) is 6.08 Å². The summed E-state index contributed by atoms with van der Waals surface area (Å²) in [6, 6.07) is 15.9. The topological polar surface area (TPSA) is 60.0 Å². The highest BCUT2D eigenvalue weighted by Gasteiger charge is 2.22. The molecule has 1 atom stereocenters. The molecule has 1 aliphatic rings. The number of nitrogens with zero attached hydrogens (tertiary/aromatic N) is 1. The number of nitrogens with one attached hydrogen (secondary N) is 1. The Morgan fingerprint density at radius 2 is 1.83 bits per heavy atom. The van der Waals surface area contributed by atoms with E-state index in [2.05, 4.69) is 22.3 Å². The molecule has 0 radical (unpaired) electrons. The summed E-state index contributed by atoms with van der Waals surface area (Å²) < 4.78 is 16.0.